The van der Waals surface area contributed by atoms with Gasteiger partial charge in [0.25, 0.3) is 0 Å². The first kappa shape index (κ1) is 11.9. The Morgan fingerprint density at radius 2 is 2.00 bits per heavy atom. The number of hydrogen-bond donors (Lipinski definition) is 1. The number of aromatic nitrogens is 1. The quantitative estimate of drug-likeness (QED) is 0.865. The topological polar surface area (TPSA) is 38.9 Å². The number of hydrogen-bond acceptors (Lipinski definition) is 3. The number of nitrogen functional groups attached to an aromatic ring is 1. The van der Waals surface area contributed by atoms with Crippen LogP contribution in [0.3, 0.4) is 0 Å². The molecule has 0 amide bonds. The highest BCUT2D eigenvalue weighted by molar-refractivity contribution is 7.15. The smallest absolute Gasteiger partial charge is 0.109 e. The molecule has 1 heterocycles. The van der Waals surface area contributed by atoms with E-state index < -0.39 is 0 Å². The van der Waals surface area contributed by atoms with Crippen LogP contribution >= 0.6 is 11.3 Å². The van der Waals surface area contributed by atoms with Crippen molar-refractivity contribution in [1.82, 2.24) is 4.98 Å². The van der Waals surface area contributed by atoms with E-state index in [0.29, 0.717) is 5.92 Å². The predicted octanol–water partition coefficient (Wildman–Crippen LogP) is 3.97. The molecule has 0 saturated heterocycles. The molecule has 1 aromatic heterocycles. The van der Waals surface area contributed by atoms with Crippen LogP contribution in [0.2, 0.25) is 0 Å². The Kier molecular flexibility index (Phi) is 3.85. The zero-order valence-corrected chi connectivity index (χ0v) is 11.1. The molecule has 16 heavy (non-hydrogen) atoms. The second-order valence-electron chi connectivity index (χ2n) is 5.23. The molecule has 0 radical (unpaired) electrons. The highest BCUT2D eigenvalue weighted by Gasteiger charge is 2.18. The van der Waals surface area contributed by atoms with Crippen LogP contribution < -0.4 is 5.73 Å². The first-order valence-electron chi connectivity index (χ1n) is 6.42. The Labute approximate surface area is 102 Å². The molecule has 0 bridgehead atoms. The molecule has 2 nitrogen and oxygen atoms in total. The van der Waals surface area contributed by atoms with Crippen molar-refractivity contribution in [2.45, 2.75) is 58.3 Å². The van der Waals surface area contributed by atoms with E-state index in [4.69, 9.17) is 10.7 Å². The van der Waals surface area contributed by atoms with Crippen molar-refractivity contribution in [3.63, 3.8) is 0 Å². The summed E-state index contributed by atoms with van der Waals surface area (Å²) in [7, 11) is 0. The summed E-state index contributed by atoms with van der Waals surface area (Å²) in [6, 6.07) is 0. The molecule has 2 rings (SSSR count). The lowest BCUT2D eigenvalue weighted by molar-refractivity contribution is 0.355. The number of nitrogens with two attached hydrogens (primary N) is 1. The Hall–Kier alpha value is -0.570. The van der Waals surface area contributed by atoms with Crippen LogP contribution in [-0.4, -0.2) is 4.98 Å². The Morgan fingerprint density at radius 3 is 2.56 bits per heavy atom. The third-order valence-electron chi connectivity index (χ3n) is 3.44. The van der Waals surface area contributed by atoms with Gasteiger partial charge >= 0.3 is 0 Å². The van der Waals surface area contributed by atoms with Gasteiger partial charge in [-0.2, -0.15) is 0 Å². The van der Waals surface area contributed by atoms with E-state index in [9.17, 15) is 0 Å². The number of thiazole rings is 1. The van der Waals surface area contributed by atoms with Crippen molar-refractivity contribution in [1.29, 1.82) is 0 Å². The van der Waals surface area contributed by atoms with Gasteiger partial charge in [-0.25, -0.2) is 4.98 Å². The first-order valence-corrected chi connectivity index (χ1v) is 7.23. The largest absolute Gasteiger partial charge is 0.389 e. The summed E-state index contributed by atoms with van der Waals surface area (Å²) in [4.78, 5) is 4.70. The molecule has 0 spiro atoms. The van der Waals surface area contributed by atoms with Crippen molar-refractivity contribution < 1.29 is 0 Å². The van der Waals surface area contributed by atoms with Gasteiger partial charge in [-0.05, 0) is 12.3 Å². The van der Waals surface area contributed by atoms with Crippen molar-refractivity contribution in [3.05, 3.63) is 10.7 Å². The molecule has 1 aromatic rings. The third kappa shape index (κ3) is 2.76. The minimum absolute atomic E-state index is 0.507. The predicted molar refractivity (Wildman–Crippen MR) is 70.9 cm³/mol. The molecule has 0 aromatic carbocycles. The summed E-state index contributed by atoms with van der Waals surface area (Å²) in [6.45, 7) is 4.37. The maximum atomic E-state index is 6.05. The average Bonchev–Trinajstić information content (AvgIpc) is 2.62. The summed E-state index contributed by atoms with van der Waals surface area (Å²) in [6.07, 6.45) is 8.05. The molecular weight excluding hydrogens is 216 g/mol. The van der Waals surface area contributed by atoms with Gasteiger partial charge in [-0.1, -0.05) is 46.0 Å². The molecule has 1 saturated carbocycles. The summed E-state index contributed by atoms with van der Waals surface area (Å²) in [5, 5.41) is 2.15. The van der Waals surface area contributed by atoms with Crippen molar-refractivity contribution >= 4 is 16.3 Å². The molecule has 0 unspecified atom stereocenters. The van der Waals surface area contributed by atoms with Gasteiger partial charge in [0.05, 0.1) is 10.7 Å². The van der Waals surface area contributed by atoms with E-state index >= 15 is 0 Å². The third-order valence-corrected chi connectivity index (χ3v) is 4.67. The molecule has 90 valence electrons. The van der Waals surface area contributed by atoms with E-state index in [1.807, 2.05) is 0 Å². The highest BCUT2D eigenvalue weighted by Crippen LogP contribution is 2.32. The van der Waals surface area contributed by atoms with Crippen molar-refractivity contribution in [2.24, 2.45) is 5.92 Å². The van der Waals surface area contributed by atoms with Crippen LogP contribution in [0.4, 0.5) is 5.00 Å². The summed E-state index contributed by atoms with van der Waals surface area (Å²) >= 11 is 1.68. The van der Waals surface area contributed by atoms with Crippen LogP contribution in [0.15, 0.2) is 0 Å². The van der Waals surface area contributed by atoms with E-state index in [1.165, 1.54) is 42.8 Å². The Bertz CT molecular complexity index is 338. The second kappa shape index (κ2) is 5.17. The number of rotatable bonds is 3. The minimum atomic E-state index is 0.507. The zero-order valence-electron chi connectivity index (χ0n) is 10.3. The van der Waals surface area contributed by atoms with Crippen molar-refractivity contribution in [3.8, 4) is 0 Å². The molecule has 2 N–H and O–H groups in total. The minimum Gasteiger partial charge on any atom is -0.389 e. The maximum absolute atomic E-state index is 6.05. The monoisotopic (exact) mass is 238 g/mol. The fourth-order valence-corrected chi connectivity index (χ4v) is 3.30. The van der Waals surface area contributed by atoms with Gasteiger partial charge in [-0.3, -0.25) is 0 Å². The maximum Gasteiger partial charge on any atom is 0.109 e. The van der Waals surface area contributed by atoms with Gasteiger partial charge < -0.3 is 5.73 Å². The molecule has 1 aliphatic carbocycles. The molecule has 3 heteroatoms. The van der Waals surface area contributed by atoms with E-state index in [0.717, 1.165) is 17.3 Å². The van der Waals surface area contributed by atoms with Gasteiger partial charge in [-0.15, -0.1) is 11.3 Å². The summed E-state index contributed by atoms with van der Waals surface area (Å²) in [5.74, 6) is 1.34. The molecular formula is C13H22N2S. The zero-order chi connectivity index (χ0) is 11.5. The summed E-state index contributed by atoms with van der Waals surface area (Å²) < 4.78 is 0. The Balaban J connectivity index is 2.02. The molecule has 0 atom stereocenters. The standard InChI is InChI=1S/C13H22N2S/c1-9(2)13-15-11(12(14)16-13)8-10-6-4-3-5-7-10/h9-10H,3-8,14H2,1-2H3. The van der Waals surface area contributed by atoms with Crippen LogP contribution in [0.1, 0.15) is 62.6 Å². The second-order valence-corrected chi connectivity index (χ2v) is 6.29. The van der Waals surface area contributed by atoms with E-state index in [-0.39, 0.29) is 0 Å². The summed E-state index contributed by atoms with van der Waals surface area (Å²) in [5.41, 5.74) is 7.22. The molecule has 1 fully saturated rings. The molecule has 1 aliphatic rings. The number of nitrogens with zero attached hydrogens (tertiary/aromatic N) is 1. The number of anilines is 1. The average molecular weight is 238 g/mol. The van der Waals surface area contributed by atoms with Crippen LogP contribution in [-0.2, 0) is 6.42 Å². The highest BCUT2D eigenvalue weighted by atomic mass is 32.1. The van der Waals surface area contributed by atoms with Crippen LogP contribution in [0, 0.1) is 5.92 Å². The normalized spacial score (nSPS) is 18.2. The van der Waals surface area contributed by atoms with E-state index in [1.54, 1.807) is 11.3 Å². The fraction of sp³-hybridized carbons (Fsp3) is 0.769. The van der Waals surface area contributed by atoms with Crippen molar-refractivity contribution in [2.75, 3.05) is 5.73 Å². The van der Waals surface area contributed by atoms with Gasteiger partial charge in [0, 0.05) is 5.92 Å². The SMILES string of the molecule is CC(C)c1nc(CC2CCCCC2)c(N)s1. The van der Waals surface area contributed by atoms with Crippen LogP contribution in [0.25, 0.3) is 0 Å². The lowest BCUT2D eigenvalue weighted by atomic mass is 9.86. The van der Waals surface area contributed by atoms with Crippen LogP contribution in [0.5, 0.6) is 0 Å². The molecule has 0 aliphatic heterocycles. The Morgan fingerprint density at radius 1 is 1.31 bits per heavy atom. The van der Waals surface area contributed by atoms with Gasteiger partial charge in [0.1, 0.15) is 5.00 Å². The van der Waals surface area contributed by atoms with E-state index in [2.05, 4.69) is 13.8 Å². The fourth-order valence-electron chi connectivity index (χ4n) is 2.44. The lowest BCUT2D eigenvalue weighted by Gasteiger charge is -2.20. The first-order chi connectivity index (χ1) is 7.66. The van der Waals surface area contributed by atoms with Gasteiger partial charge in [0.15, 0.2) is 0 Å². The van der Waals surface area contributed by atoms with Gasteiger partial charge in [0.2, 0.25) is 0 Å². The lowest BCUT2D eigenvalue weighted by Crippen LogP contribution is -2.10.